The summed E-state index contributed by atoms with van der Waals surface area (Å²) in [5.41, 5.74) is 0.312. The Bertz CT molecular complexity index is 540. The molecule has 0 aromatic carbocycles. The lowest BCUT2D eigenvalue weighted by molar-refractivity contribution is 0.0946. The summed E-state index contributed by atoms with van der Waals surface area (Å²) < 4.78 is 1.76. The van der Waals surface area contributed by atoms with E-state index >= 15 is 0 Å². The van der Waals surface area contributed by atoms with Gasteiger partial charge in [-0.1, -0.05) is 6.92 Å². The molecule has 7 heteroatoms. The largest absolute Gasteiger partial charge is 0.369 e. The van der Waals surface area contributed by atoms with Crippen LogP contribution in [0.25, 0.3) is 0 Å². The van der Waals surface area contributed by atoms with Gasteiger partial charge in [0.1, 0.15) is 11.5 Å². The van der Waals surface area contributed by atoms with Crippen molar-refractivity contribution in [2.75, 3.05) is 18.4 Å². The summed E-state index contributed by atoms with van der Waals surface area (Å²) in [6, 6.07) is 1.84. The molecule has 0 aliphatic rings. The predicted molar refractivity (Wildman–Crippen MR) is 75.4 cm³/mol. The zero-order valence-electron chi connectivity index (χ0n) is 11.4. The fourth-order valence-corrected chi connectivity index (χ4v) is 1.62. The second kappa shape index (κ2) is 7.22. The number of carbonyl (C=O) groups is 1. The first-order valence-corrected chi connectivity index (χ1v) is 6.61. The average molecular weight is 274 g/mol. The summed E-state index contributed by atoms with van der Waals surface area (Å²) >= 11 is 0. The third kappa shape index (κ3) is 4.04. The third-order valence-corrected chi connectivity index (χ3v) is 2.61. The zero-order valence-corrected chi connectivity index (χ0v) is 11.4. The van der Waals surface area contributed by atoms with Crippen LogP contribution in [0.15, 0.2) is 30.9 Å². The third-order valence-electron chi connectivity index (χ3n) is 2.61. The predicted octanol–water partition coefficient (Wildman–Crippen LogP) is 0.925. The highest BCUT2D eigenvalue weighted by Crippen LogP contribution is 2.02. The molecule has 2 rings (SSSR count). The molecular formula is C13H18N6O. The molecule has 0 fully saturated rings. The Kier molecular flexibility index (Phi) is 5.05. The maximum atomic E-state index is 11.9. The molecule has 2 aromatic heterocycles. The molecule has 2 N–H and O–H groups in total. The van der Waals surface area contributed by atoms with E-state index in [4.69, 9.17) is 0 Å². The van der Waals surface area contributed by atoms with Crippen molar-refractivity contribution in [2.24, 2.45) is 0 Å². The second-order valence-electron chi connectivity index (χ2n) is 4.24. The van der Waals surface area contributed by atoms with E-state index in [-0.39, 0.29) is 5.91 Å². The first-order chi connectivity index (χ1) is 9.79. The van der Waals surface area contributed by atoms with Gasteiger partial charge in [-0.3, -0.25) is 14.5 Å². The van der Waals surface area contributed by atoms with Crippen molar-refractivity contribution >= 4 is 11.7 Å². The highest BCUT2D eigenvalue weighted by atomic mass is 16.1. The van der Waals surface area contributed by atoms with Gasteiger partial charge in [-0.25, -0.2) is 4.98 Å². The van der Waals surface area contributed by atoms with Crippen LogP contribution in [-0.2, 0) is 6.54 Å². The maximum absolute atomic E-state index is 11.9. The number of amides is 1. The van der Waals surface area contributed by atoms with E-state index in [0.29, 0.717) is 24.6 Å². The summed E-state index contributed by atoms with van der Waals surface area (Å²) in [4.78, 5) is 20.2. The molecule has 0 radical (unpaired) electrons. The minimum Gasteiger partial charge on any atom is -0.369 e. The lowest BCUT2D eigenvalue weighted by Gasteiger charge is -2.07. The van der Waals surface area contributed by atoms with Crippen LogP contribution >= 0.6 is 0 Å². The molecule has 0 atom stereocenters. The molecular weight excluding hydrogens is 256 g/mol. The van der Waals surface area contributed by atoms with Gasteiger partial charge in [0.25, 0.3) is 5.91 Å². The average Bonchev–Trinajstić information content (AvgIpc) is 2.98. The van der Waals surface area contributed by atoms with Crippen LogP contribution in [0.2, 0.25) is 0 Å². The van der Waals surface area contributed by atoms with Gasteiger partial charge in [-0.15, -0.1) is 0 Å². The molecule has 0 aliphatic heterocycles. The van der Waals surface area contributed by atoms with E-state index in [9.17, 15) is 4.79 Å². The maximum Gasteiger partial charge on any atom is 0.271 e. The molecule has 0 bridgehead atoms. The molecule has 0 unspecified atom stereocenters. The summed E-state index contributed by atoms with van der Waals surface area (Å²) in [5.74, 6) is 0.386. The highest BCUT2D eigenvalue weighted by Gasteiger charge is 2.08. The van der Waals surface area contributed by atoms with Crippen LogP contribution in [0.5, 0.6) is 0 Å². The van der Waals surface area contributed by atoms with Gasteiger partial charge in [0.05, 0.1) is 18.9 Å². The Balaban J connectivity index is 1.85. The number of carbonyl (C=O) groups excluding carboxylic acids is 1. The molecule has 0 spiro atoms. The van der Waals surface area contributed by atoms with Crippen molar-refractivity contribution in [1.29, 1.82) is 0 Å². The highest BCUT2D eigenvalue weighted by molar-refractivity contribution is 5.92. The first kappa shape index (κ1) is 14.0. The smallest absolute Gasteiger partial charge is 0.271 e. The van der Waals surface area contributed by atoms with Gasteiger partial charge in [0.2, 0.25) is 0 Å². The zero-order chi connectivity index (χ0) is 14.2. The van der Waals surface area contributed by atoms with Crippen molar-refractivity contribution in [1.82, 2.24) is 25.1 Å². The standard InChI is InChI=1S/C13H18N6O/c1-2-4-15-12-10-14-9-11(18-12)13(20)16-6-8-19-7-3-5-17-19/h3,5,7,9-10H,2,4,6,8H2,1H3,(H,15,18)(H,16,20). The topological polar surface area (TPSA) is 84.7 Å². The van der Waals surface area contributed by atoms with Crippen molar-refractivity contribution in [2.45, 2.75) is 19.9 Å². The SMILES string of the molecule is CCCNc1cncc(C(=O)NCCn2cccn2)n1. The number of rotatable bonds is 7. The van der Waals surface area contributed by atoms with Gasteiger partial charge in [-0.2, -0.15) is 5.10 Å². The van der Waals surface area contributed by atoms with Gasteiger partial charge < -0.3 is 10.6 Å². The normalized spacial score (nSPS) is 10.2. The van der Waals surface area contributed by atoms with Crippen LogP contribution in [0, 0.1) is 0 Å². The summed E-state index contributed by atoms with van der Waals surface area (Å²) in [7, 11) is 0. The Morgan fingerprint density at radius 2 is 2.25 bits per heavy atom. The molecule has 0 saturated carbocycles. The molecule has 20 heavy (non-hydrogen) atoms. The van der Waals surface area contributed by atoms with E-state index in [1.54, 1.807) is 17.1 Å². The van der Waals surface area contributed by atoms with Crippen LogP contribution in [0.1, 0.15) is 23.8 Å². The molecule has 0 aliphatic carbocycles. The van der Waals surface area contributed by atoms with Crippen LogP contribution < -0.4 is 10.6 Å². The van der Waals surface area contributed by atoms with E-state index in [1.165, 1.54) is 6.20 Å². The van der Waals surface area contributed by atoms with Gasteiger partial charge in [0.15, 0.2) is 0 Å². The lowest BCUT2D eigenvalue weighted by Crippen LogP contribution is -2.28. The summed E-state index contributed by atoms with van der Waals surface area (Å²) in [6.07, 6.45) is 7.61. The van der Waals surface area contributed by atoms with Crippen molar-refractivity contribution in [3.63, 3.8) is 0 Å². The monoisotopic (exact) mass is 274 g/mol. The van der Waals surface area contributed by atoms with Gasteiger partial charge in [-0.05, 0) is 12.5 Å². The quantitative estimate of drug-likeness (QED) is 0.784. The molecule has 7 nitrogen and oxygen atoms in total. The number of hydrogen-bond donors (Lipinski definition) is 2. The number of anilines is 1. The molecule has 0 saturated heterocycles. The fourth-order valence-electron chi connectivity index (χ4n) is 1.62. The molecule has 2 heterocycles. The summed E-state index contributed by atoms with van der Waals surface area (Å²) in [6.45, 7) is 3.99. The fraction of sp³-hybridized carbons (Fsp3) is 0.385. The van der Waals surface area contributed by atoms with E-state index < -0.39 is 0 Å². The lowest BCUT2D eigenvalue weighted by atomic mass is 10.4. The molecule has 106 valence electrons. The number of nitrogens with one attached hydrogen (secondary N) is 2. The van der Waals surface area contributed by atoms with Crippen LogP contribution in [0.3, 0.4) is 0 Å². The van der Waals surface area contributed by atoms with Crippen molar-refractivity contribution < 1.29 is 4.79 Å². The van der Waals surface area contributed by atoms with Crippen molar-refractivity contribution in [3.8, 4) is 0 Å². The Labute approximate surface area is 117 Å². The minimum atomic E-state index is -0.232. The number of hydrogen-bond acceptors (Lipinski definition) is 5. The first-order valence-electron chi connectivity index (χ1n) is 6.61. The van der Waals surface area contributed by atoms with Crippen LogP contribution in [0.4, 0.5) is 5.82 Å². The Morgan fingerprint density at radius 3 is 3.00 bits per heavy atom. The van der Waals surface area contributed by atoms with Crippen molar-refractivity contribution in [3.05, 3.63) is 36.5 Å². The van der Waals surface area contributed by atoms with E-state index in [0.717, 1.165) is 13.0 Å². The van der Waals surface area contributed by atoms with Crippen LogP contribution in [-0.4, -0.2) is 38.7 Å². The minimum absolute atomic E-state index is 0.232. The van der Waals surface area contributed by atoms with Gasteiger partial charge in [0, 0.05) is 25.5 Å². The number of aromatic nitrogens is 4. The summed E-state index contributed by atoms with van der Waals surface area (Å²) in [5, 5.41) is 9.95. The number of nitrogens with zero attached hydrogens (tertiary/aromatic N) is 4. The van der Waals surface area contributed by atoms with Gasteiger partial charge >= 0.3 is 0 Å². The molecule has 2 aromatic rings. The molecule has 1 amide bonds. The van der Waals surface area contributed by atoms with E-state index in [1.807, 2.05) is 12.3 Å². The second-order valence-corrected chi connectivity index (χ2v) is 4.24. The van der Waals surface area contributed by atoms with E-state index in [2.05, 4.69) is 32.6 Å². The Morgan fingerprint density at radius 1 is 1.35 bits per heavy atom. The Hall–Kier alpha value is -2.44.